The van der Waals surface area contributed by atoms with Crippen molar-refractivity contribution in [3.05, 3.63) is 64.6 Å². The van der Waals surface area contributed by atoms with Crippen LogP contribution in [0.5, 0.6) is 0 Å². The lowest BCUT2D eigenvalue weighted by Gasteiger charge is -2.09. The minimum Gasteiger partial charge on any atom is -0.398 e. The van der Waals surface area contributed by atoms with Crippen LogP contribution in [0.2, 0.25) is 0 Å². The molecule has 120 valence electrons. The van der Waals surface area contributed by atoms with Crippen molar-refractivity contribution in [1.29, 1.82) is 0 Å². The number of pyridine rings is 1. The maximum atomic E-state index is 10.9. The van der Waals surface area contributed by atoms with Gasteiger partial charge in [0.15, 0.2) is 0 Å². The second-order valence-electron chi connectivity index (χ2n) is 5.11. The third-order valence-corrected chi connectivity index (χ3v) is 3.46. The van der Waals surface area contributed by atoms with Gasteiger partial charge in [0.2, 0.25) is 5.95 Å². The van der Waals surface area contributed by atoms with Gasteiger partial charge in [0, 0.05) is 42.0 Å². The van der Waals surface area contributed by atoms with Gasteiger partial charge in [-0.05, 0) is 24.6 Å². The van der Waals surface area contributed by atoms with E-state index in [0.717, 1.165) is 5.56 Å². The van der Waals surface area contributed by atoms with Crippen LogP contribution >= 0.6 is 0 Å². The zero-order chi connectivity index (χ0) is 17.1. The molecule has 0 aliphatic heterocycles. The van der Waals surface area contributed by atoms with Crippen LogP contribution in [0.3, 0.4) is 0 Å². The molecule has 24 heavy (non-hydrogen) atoms. The van der Waals surface area contributed by atoms with E-state index in [2.05, 4.69) is 20.3 Å². The molecular formula is C16H14N6O2. The number of nitrogens with two attached hydrogens (primary N) is 1. The first-order valence-corrected chi connectivity index (χ1v) is 7.09. The average Bonchev–Trinajstić information content (AvgIpc) is 2.57. The van der Waals surface area contributed by atoms with Crippen molar-refractivity contribution in [3.63, 3.8) is 0 Å². The Kier molecular flexibility index (Phi) is 4.02. The maximum absolute atomic E-state index is 10.9. The normalized spacial score (nSPS) is 10.4. The first kappa shape index (κ1) is 15.3. The molecule has 0 atom stereocenters. The molecule has 0 saturated carbocycles. The summed E-state index contributed by atoms with van der Waals surface area (Å²) in [5.41, 5.74) is 9.21. The first-order valence-electron chi connectivity index (χ1n) is 7.09. The summed E-state index contributed by atoms with van der Waals surface area (Å²) in [4.78, 5) is 23.1. The number of hydrogen-bond acceptors (Lipinski definition) is 7. The van der Waals surface area contributed by atoms with Gasteiger partial charge in [0.25, 0.3) is 5.69 Å². The largest absolute Gasteiger partial charge is 0.398 e. The van der Waals surface area contributed by atoms with Crippen molar-refractivity contribution in [3.8, 4) is 11.3 Å². The Bertz CT molecular complexity index is 913. The molecule has 0 radical (unpaired) electrons. The molecule has 3 rings (SSSR count). The van der Waals surface area contributed by atoms with E-state index < -0.39 is 4.92 Å². The van der Waals surface area contributed by atoms with Crippen molar-refractivity contribution < 1.29 is 4.92 Å². The molecule has 8 heteroatoms. The van der Waals surface area contributed by atoms with Gasteiger partial charge in [-0.25, -0.2) is 9.97 Å². The molecule has 0 saturated heterocycles. The zero-order valence-corrected chi connectivity index (χ0v) is 12.8. The van der Waals surface area contributed by atoms with E-state index in [0.29, 0.717) is 28.6 Å². The molecule has 0 unspecified atom stereocenters. The van der Waals surface area contributed by atoms with E-state index in [-0.39, 0.29) is 5.69 Å². The Morgan fingerprint density at radius 2 is 2.04 bits per heavy atom. The number of anilines is 3. The lowest BCUT2D eigenvalue weighted by Crippen LogP contribution is -2.01. The summed E-state index contributed by atoms with van der Waals surface area (Å²) in [7, 11) is 0. The minimum absolute atomic E-state index is 0.00393. The van der Waals surface area contributed by atoms with Crippen molar-refractivity contribution in [2.24, 2.45) is 0 Å². The van der Waals surface area contributed by atoms with Crippen molar-refractivity contribution >= 4 is 23.0 Å². The molecule has 0 amide bonds. The van der Waals surface area contributed by atoms with Gasteiger partial charge >= 0.3 is 0 Å². The fraction of sp³-hybridized carbons (Fsp3) is 0.0625. The van der Waals surface area contributed by atoms with Crippen LogP contribution in [0, 0.1) is 17.0 Å². The van der Waals surface area contributed by atoms with Gasteiger partial charge in [-0.15, -0.1) is 0 Å². The topological polar surface area (TPSA) is 120 Å². The van der Waals surface area contributed by atoms with Crippen molar-refractivity contribution in [1.82, 2.24) is 15.0 Å². The number of aromatic nitrogens is 3. The highest BCUT2D eigenvalue weighted by atomic mass is 16.6. The number of non-ortho nitro benzene ring substituents is 1. The predicted molar refractivity (Wildman–Crippen MR) is 90.8 cm³/mol. The lowest BCUT2D eigenvalue weighted by molar-refractivity contribution is -0.384. The van der Waals surface area contributed by atoms with Crippen LogP contribution in [-0.4, -0.2) is 19.9 Å². The molecule has 8 nitrogen and oxygen atoms in total. The fourth-order valence-electron chi connectivity index (χ4n) is 2.17. The molecular weight excluding hydrogens is 308 g/mol. The van der Waals surface area contributed by atoms with Crippen LogP contribution in [0.4, 0.5) is 23.0 Å². The molecule has 0 aliphatic rings. The number of nitro groups is 1. The summed E-state index contributed by atoms with van der Waals surface area (Å²) >= 11 is 0. The maximum Gasteiger partial charge on any atom is 0.271 e. The third-order valence-electron chi connectivity index (χ3n) is 3.46. The van der Waals surface area contributed by atoms with Gasteiger partial charge in [-0.2, -0.15) is 0 Å². The molecule has 0 fully saturated rings. The summed E-state index contributed by atoms with van der Waals surface area (Å²) in [5.74, 6) is 0.319. The van der Waals surface area contributed by atoms with Crippen LogP contribution < -0.4 is 11.1 Å². The van der Waals surface area contributed by atoms with Gasteiger partial charge < -0.3 is 11.1 Å². The minimum atomic E-state index is -0.446. The van der Waals surface area contributed by atoms with Crippen LogP contribution in [-0.2, 0) is 0 Å². The number of aryl methyl sites for hydroxylation is 1. The van der Waals surface area contributed by atoms with E-state index in [1.807, 2.05) is 6.92 Å². The number of rotatable bonds is 4. The molecule has 2 aromatic heterocycles. The monoisotopic (exact) mass is 322 g/mol. The van der Waals surface area contributed by atoms with E-state index in [4.69, 9.17) is 5.73 Å². The predicted octanol–water partition coefficient (Wildman–Crippen LogP) is 3.08. The fourth-order valence-corrected chi connectivity index (χ4v) is 2.17. The quantitative estimate of drug-likeness (QED) is 0.559. The van der Waals surface area contributed by atoms with Crippen LogP contribution in [0.25, 0.3) is 11.3 Å². The molecule has 2 heterocycles. The Morgan fingerprint density at radius 3 is 2.79 bits per heavy atom. The van der Waals surface area contributed by atoms with Gasteiger partial charge in [-0.1, -0.05) is 6.07 Å². The summed E-state index contributed by atoms with van der Waals surface area (Å²) in [5, 5.41) is 13.9. The average molecular weight is 322 g/mol. The lowest BCUT2D eigenvalue weighted by atomic mass is 10.1. The van der Waals surface area contributed by atoms with Crippen LogP contribution in [0.15, 0.2) is 48.9 Å². The zero-order valence-electron chi connectivity index (χ0n) is 12.8. The van der Waals surface area contributed by atoms with E-state index in [9.17, 15) is 10.1 Å². The SMILES string of the molecule is Cc1ccc([N+](=O)[O-])cc1Nc1nccc(-c2cnccc2N)n1. The van der Waals surface area contributed by atoms with E-state index >= 15 is 0 Å². The Hall–Kier alpha value is -3.55. The van der Waals surface area contributed by atoms with Crippen LogP contribution in [0.1, 0.15) is 5.56 Å². The number of hydrogen-bond donors (Lipinski definition) is 2. The molecule has 1 aromatic carbocycles. The highest BCUT2D eigenvalue weighted by Gasteiger charge is 2.11. The number of nitro benzene ring substituents is 1. The number of nitrogen functional groups attached to an aromatic ring is 1. The van der Waals surface area contributed by atoms with E-state index in [1.165, 1.54) is 12.1 Å². The first-order chi connectivity index (χ1) is 11.5. The Morgan fingerprint density at radius 1 is 1.21 bits per heavy atom. The van der Waals surface area contributed by atoms with Crippen molar-refractivity contribution in [2.75, 3.05) is 11.1 Å². The highest BCUT2D eigenvalue weighted by molar-refractivity contribution is 5.73. The molecule has 0 spiro atoms. The second-order valence-corrected chi connectivity index (χ2v) is 5.11. The summed E-state index contributed by atoms with van der Waals surface area (Å²) in [6.07, 6.45) is 4.81. The molecule has 0 bridgehead atoms. The van der Waals surface area contributed by atoms with Crippen molar-refractivity contribution in [2.45, 2.75) is 6.92 Å². The smallest absolute Gasteiger partial charge is 0.271 e. The Balaban J connectivity index is 1.95. The Labute approximate surface area is 137 Å². The standard InChI is InChI=1S/C16H14N6O2/c1-10-2-3-11(22(23)24)8-15(10)21-16-19-7-5-14(20-16)12-9-18-6-4-13(12)17/h2-9H,1H3,(H2,17,18)(H,19,20,21). The van der Waals surface area contributed by atoms with Gasteiger partial charge in [0.05, 0.1) is 16.3 Å². The number of nitrogens with one attached hydrogen (secondary N) is 1. The van der Waals surface area contributed by atoms with E-state index in [1.54, 1.807) is 36.8 Å². The molecule has 3 N–H and O–H groups in total. The highest BCUT2D eigenvalue weighted by Crippen LogP contribution is 2.26. The molecule has 0 aliphatic carbocycles. The van der Waals surface area contributed by atoms with Gasteiger partial charge in [0.1, 0.15) is 0 Å². The third kappa shape index (κ3) is 3.12. The summed E-state index contributed by atoms with van der Waals surface area (Å²) in [6, 6.07) is 7.98. The second kappa shape index (κ2) is 6.29. The summed E-state index contributed by atoms with van der Waals surface area (Å²) in [6.45, 7) is 1.84. The molecule has 3 aromatic rings. The summed E-state index contributed by atoms with van der Waals surface area (Å²) < 4.78 is 0. The number of nitrogens with zero attached hydrogens (tertiary/aromatic N) is 4. The van der Waals surface area contributed by atoms with Gasteiger partial charge in [-0.3, -0.25) is 15.1 Å². The number of benzene rings is 1.